The van der Waals surface area contributed by atoms with E-state index in [9.17, 15) is 4.39 Å². The molecule has 1 aromatic heterocycles. The summed E-state index contributed by atoms with van der Waals surface area (Å²) in [5.74, 6) is 1.04. The number of anilines is 1. The maximum Gasteiger partial charge on any atom is 0.187 e. The van der Waals surface area contributed by atoms with Crippen LogP contribution in [0.1, 0.15) is 31.9 Å². The van der Waals surface area contributed by atoms with E-state index in [0.717, 1.165) is 18.9 Å². The smallest absolute Gasteiger partial charge is 0.187 e. The molecule has 1 saturated carbocycles. The first-order valence-corrected chi connectivity index (χ1v) is 5.93. The fourth-order valence-electron chi connectivity index (χ4n) is 1.80. The number of hydrogen-bond acceptors (Lipinski definition) is 3. The summed E-state index contributed by atoms with van der Waals surface area (Å²) < 4.78 is 13.9. The van der Waals surface area contributed by atoms with Crippen molar-refractivity contribution in [2.24, 2.45) is 5.92 Å². The van der Waals surface area contributed by atoms with E-state index in [4.69, 9.17) is 0 Å². The molecule has 0 bridgehead atoms. The van der Waals surface area contributed by atoms with E-state index in [0.29, 0.717) is 17.9 Å². The number of aromatic nitrogens is 2. The maximum absolute atomic E-state index is 13.9. The first-order chi connectivity index (χ1) is 7.72. The van der Waals surface area contributed by atoms with Crippen molar-refractivity contribution in [2.45, 2.75) is 32.6 Å². The van der Waals surface area contributed by atoms with Gasteiger partial charge in [0, 0.05) is 13.6 Å². The summed E-state index contributed by atoms with van der Waals surface area (Å²) in [7, 11) is 1.90. The highest BCUT2D eigenvalue weighted by molar-refractivity contribution is 5.39. The van der Waals surface area contributed by atoms with E-state index < -0.39 is 0 Å². The molecule has 1 aliphatic rings. The molecule has 0 radical (unpaired) electrons. The molecule has 1 fully saturated rings. The molecule has 3 nitrogen and oxygen atoms in total. The Hall–Kier alpha value is -1.19. The van der Waals surface area contributed by atoms with Crippen LogP contribution in [0.2, 0.25) is 0 Å². The molecule has 0 N–H and O–H groups in total. The molecule has 0 unspecified atom stereocenters. The molecule has 0 aliphatic heterocycles. The van der Waals surface area contributed by atoms with Gasteiger partial charge >= 0.3 is 0 Å². The Morgan fingerprint density at radius 1 is 1.44 bits per heavy atom. The van der Waals surface area contributed by atoms with Crippen LogP contribution in [0.15, 0.2) is 6.33 Å². The average Bonchev–Trinajstić information content (AvgIpc) is 3.10. The number of halogens is 1. The van der Waals surface area contributed by atoms with Crippen molar-refractivity contribution >= 4 is 5.82 Å². The summed E-state index contributed by atoms with van der Waals surface area (Å²) >= 11 is 0. The van der Waals surface area contributed by atoms with Gasteiger partial charge in [-0.25, -0.2) is 14.4 Å². The summed E-state index contributed by atoms with van der Waals surface area (Å²) in [6.07, 6.45) is 5.87. The van der Waals surface area contributed by atoms with Crippen molar-refractivity contribution in [1.29, 1.82) is 0 Å². The standard InChI is InChI=1S/C12H18FN3/c1-3-10-11(13)12(15-8-14-10)16(2)7-6-9-4-5-9/h8-9H,3-7H2,1-2H3. The van der Waals surface area contributed by atoms with Crippen LogP contribution in [-0.2, 0) is 6.42 Å². The average molecular weight is 223 g/mol. The first-order valence-electron chi connectivity index (χ1n) is 5.93. The van der Waals surface area contributed by atoms with Crippen LogP contribution in [0, 0.1) is 11.7 Å². The molecule has 1 aliphatic carbocycles. The molecule has 1 aromatic rings. The van der Waals surface area contributed by atoms with E-state index in [2.05, 4.69) is 9.97 Å². The highest BCUT2D eigenvalue weighted by atomic mass is 19.1. The maximum atomic E-state index is 13.9. The van der Waals surface area contributed by atoms with Crippen LogP contribution in [0.5, 0.6) is 0 Å². The third kappa shape index (κ3) is 2.49. The van der Waals surface area contributed by atoms with Crippen LogP contribution in [0.4, 0.5) is 10.2 Å². The Morgan fingerprint density at radius 3 is 2.81 bits per heavy atom. The summed E-state index contributed by atoms with van der Waals surface area (Å²) in [4.78, 5) is 9.86. The van der Waals surface area contributed by atoms with Gasteiger partial charge in [-0.05, 0) is 18.8 Å². The Balaban J connectivity index is 2.05. The predicted octanol–water partition coefficient (Wildman–Crippen LogP) is 2.41. The lowest BCUT2D eigenvalue weighted by atomic mass is 10.2. The molecule has 4 heteroatoms. The van der Waals surface area contributed by atoms with Crippen molar-refractivity contribution < 1.29 is 4.39 Å². The van der Waals surface area contributed by atoms with Crippen molar-refractivity contribution in [3.63, 3.8) is 0 Å². The topological polar surface area (TPSA) is 29.0 Å². The van der Waals surface area contributed by atoms with Gasteiger partial charge in [0.25, 0.3) is 0 Å². The van der Waals surface area contributed by atoms with Gasteiger partial charge in [0.1, 0.15) is 6.33 Å². The highest BCUT2D eigenvalue weighted by Gasteiger charge is 2.22. The second-order valence-electron chi connectivity index (χ2n) is 4.47. The Kier molecular flexibility index (Phi) is 3.36. The number of aryl methyl sites for hydroxylation is 1. The monoisotopic (exact) mass is 223 g/mol. The summed E-state index contributed by atoms with van der Waals surface area (Å²) in [6, 6.07) is 0. The lowest BCUT2D eigenvalue weighted by molar-refractivity contribution is 0.583. The number of rotatable bonds is 5. The van der Waals surface area contributed by atoms with Gasteiger partial charge in [-0.1, -0.05) is 19.8 Å². The Labute approximate surface area is 95.7 Å². The van der Waals surface area contributed by atoms with Crippen molar-refractivity contribution in [2.75, 3.05) is 18.5 Å². The van der Waals surface area contributed by atoms with Gasteiger partial charge in [-0.3, -0.25) is 0 Å². The molecule has 0 spiro atoms. The molecule has 0 aromatic carbocycles. The predicted molar refractivity (Wildman–Crippen MR) is 62.0 cm³/mol. The molecule has 0 saturated heterocycles. The third-order valence-electron chi connectivity index (χ3n) is 3.11. The molecule has 2 rings (SSSR count). The van der Waals surface area contributed by atoms with E-state index in [1.54, 1.807) is 0 Å². The van der Waals surface area contributed by atoms with Crippen LogP contribution < -0.4 is 4.90 Å². The largest absolute Gasteiger partial charge is 0.357 e. The van der Waals surface area contributed by atoms with Gasteiger partial charge in [0.15, 0.2) is 11.6 Å². The molecule has 16 heavy (non-hydrogen) atoms. The zero-order valence-corrected chi connectivity index (χ0v) is 9.91. The van der Waals surface area contributed by atoms with Gasteiger partial charge in [-0.15, -0.1) is 0 Å². The van der Waals surface area contributed by atoms with Crippen LogP contribution in [0.25, 0.3) is 0 Å². The minimum absolute atomic E-state index is 0.261. The second kappa shape index (κ2) is 4.76. The first kappa shape index (κ1) is 11.3. The highest BCUT2D eigenvalue weighted by Crippen LogP contribution is 2.32. The molecular weight excluding hydrogens is 205 g/mol. The van der Waals surface area contributed by atoms with E-state index >= 15 is 0 Å². The SMILES string of the molecule is CCc1ncnc(N(C)CCC2CC2)c1F. The quantitative estimate of drug-likeness (QED) is 0.767. The minimum Gasteiger partial charge on any atom is -0.357 e. The van der Waals surface area contributed by atoms with Crippen LogP contribution in [0.3, 0.4) is 0 Å². The van der Waals surface area contributed by atoms with Crippen molar-refractivity contribution in [1.82, 2.24) is 9.97 Å². The fraction of sp³-hybridized carbons (Fsp3) is 0.667. The molecule has 0 atom stereocenters. The molecule has 0 amide bonds. The van der Waals surface area contributed by atoms with Gasteiger partial charge in [0.2, 0.25) is 0 Å². The lowest BCUT2D eigenvalue weighted by Gasteiger charge is -2.18. The van der Waals surface area contributed by atoms with Gasteiger partial charge in [0.05, 0.1) is 5.69 Å². The van der Waals surface area contributed by atoms with E-state index in [-0.39, 0.29) is 5.82 Å². The minimum atomic E-state index is -0.261. The Bertz CT molecular complexity index is 363. The third-order valence-corrected chi connectivity index (χ3v) is 3.11. The fourth-order valence-corrected chi connectivity index (χ4v) is 1.80. The zero-order valence-electron chi connectivity index (χ0n) is 9.91. The lowest BCUT2D eigenvalue weighted by Crippen LogP contribution is -2.22. The second-order valence-corrected chi connectivity index (χ2v) is 4.47. The van der Waals surface area contributed by atoms with Crippen molar-refractivity contribution in [3.8, 4) is 0 Å². The Morgan fingerprint density at radius 2 is 2.19 bits per heavy atom. The number of hydrogen-bond donors (Lipinski definition) is 0. The van der Waals surface area contributed by atoms with E-state index in [1.807, 2.05) is 18.9 Å². The summed E-state index contributed by atoms with van der Waals surface area (Å²) in [6.45, 7) is 2.78. The van der Waals surface area contributed by atoms with Crippen molar-refractivity contribution in [3.05, 3.63) is 17.8 Å². The summed E-state index contributed by atoms with van der Waals surface area (Å²) in [5.41, 5.74) is 0.503. The normalized spacial score (nSPS) is 15.2. The molecule has 88 valence electrons. The molecular formula is C12H18FN3. The van der Waals surface area contributed by atoms with Crippen LogP contribution in [-0.4, -0.2) is 23.6 Å². The van der Waals surface area contributed by atoms with E-state index in [1.165, 1.54) is 19.2 Å². The van der Waals surface area contributed by atoms with Crippen LogP contribution >= 0.6 is 0 Å². The number of nitrogens with zero attached hydrogens (tertiary/aromatic N) is 3. The van der Waals surface area contributed by atoms with Gasteiger partial charge < -0.3 is 4.90 Å². The molecule has 1 heterocycles. The zero-order chi connectivity index (χ0) is 11.5. The van der Waals surface area contributed by atoms with Gasteiger partial charge in [-0.2, -0.15) is 0 Å². The summed E-state index contributed by atoms with van der Waals surface area (Å²) in [5, 5.41) is 0.